The third kappa shape index (κ3) is 3.04. The quantitative estimate of drug-likeness (QED) is 0.681. The molecule has 2 aromatic carbocycles. The number of rotatable bonds is 5. The predicted octanol–water partition coefficient (Wildman–Crippen LogP) is 3.84. The van der Waals surface area contributed by atoms with E-state index in [4.69, 9.17) is 0 Å². The summed E-state index contributed by atoms with van der Waals surface area (Å²) in [6.45, 7) is 0. The second-order valence-electron chi connectivity index (χ2n) is 6.81. The van der Waals surface area contributed by atoms with Gasteiger partial charge in [0.2, 0.25) is 0 Å². The van der Waals surface area contributed by atoms with Crippen molar-refractivity contribution >= 4 is 12.0 Å². The number of aryl methyl sites for hydroxylation is 1. The molecule has 0 saturated carbocycles. The standard InChI is InChI=1S/C22H25N5/c1-23-13-17-14-26-27(22(17)25-3)18-8-4-7-16(12-18)19-9-5-6-15-10-11-20(24-2)21(15)19/h4-9,12-14,20,24-25H,10-11H2,1-3H3. The zero-order valence-corrected chi connectivity index (χ0v) is 16.0. The number of hydrogen-bond donors (Lipinski definition) is 2. The molecule has 0 radical (unpaired) electrons. The highest BCUT2D eigenvalue weighted by atomic mass is 15.3. The molecule has 0 amide bonds. The number of nitrogens with zero attached hydrogens (tertiary/aromatic N) is 3. The van der Waals surface area contributed by atoms with Crippen LogP contribution in [-0.2, 0) is 6.42 Å². The van der Waals surface area contributed by atoms with Crippen molar-refractivity contribution in [3.05, 3.63) is 65.4 Å². The van der Waals surface area contributed by atoms with Crippen molar-refractivity contribution in [1.82, 2.24) is 15.1 Å². The van der Waals surface area contributed by atoms with E-state index in [2.05, 4.69) is 63.2 Å². The average Bonchev–Trinajstić information content (AvgIpc) is 3.31. The van der Waals surface area contributed by atoms with Gasteiger partial charge in [0.1, 0.15) is 5.82 Å². The van der Waals surface area contributed by atoms with E-state index in [1.54, 1.807) is 7.05 Å². The maximum Gasteiger partial charge on any atom is 0.138 e. The van der Waals surface area contributed by atoms with E-state index in [-0.39, 0.29) is 0 Å². The van der Waals surface area contributed by atoms with E-state index in [0.717, 1.165) is 29.9 Å². The van der Waals surface area contributed by atoms with Crippen LogP contribution >= 0.6 is 0 Å². The lowest BCUT2D eigenvalue weighted by Gasteiger charge is -2.16. The first-order valence-electron chi connectivity index (χ1n) is 9.34. The maximum absolute atomic E-state index is 4.56. The van der Waals surface area contributed by atoms with Crippen molar-refractivity contribution in [3.8, 4) is 16.8 Å². The van der Waals surface area contributed by atoms with E-state index >= 15 is 0 Å². The van der Waals surface area contributed by atoms with Gasteiger partial charge >= 0.3 is 0 Å². The molecule has 5 nitrogen and oxygen atoms in total. The van der Waals surface area contributed by atoms with Gasteiger partial charge in [0, 0.05) is 26.4 Å². The monoisotopic (exact) mass is 359 g/mol. The molecule has 1 aliphatic carbocycles. The second-order valence-corrected chi connectivity index (χ2v) is 6.81. The number of aromatic nitrogens is 2. The minimum atomic E-state index is 0.421. The molecule has 0 aliphatic heterocycles. The van der Waals surface area contributed by atoms with Gasteiger partial charge in [-0.25, -0.2) is 4.68 Å². The molecule has 1 heterocycles. The van der Waals surface area contributed by atoms with Crippen molar-refractivity contribution in [2.24, 2.45) is 4.99 Å². The third-order valence-electron chi connectivity index (χ3n) is 5.30. The Hall–Kier alpha value is -2.92. The summed E-state index contributed by atoms with van der Waals surface area (Å²) in [7, 11) is 5.73. The number of benzene rings is 2. The Morgan fingerprint density at radius 1 is 1.19 bits per heavy atom. The van der Waals surface area contributed by atoms with Gasteiger partial charge in [0.15, 0.2) is 0 Å². The van der Waals surface area contributed by atoms with Gasteiger partial charge < -0.3 is 10.6 Å². The second kappa shape index (κ2) is 7.37. The smallest absolute Gasteiger partial charge is 0.138 e. The highest BCUT2D eigenvalue weighted by molar-refractivity contribution is 5.86. The first-order valence-corrected chi connectivity index (χ1v) is 9.34. The summed E-state index contributed by atoms with van der Waals surface area (Å²) in [5.41, 5.74) is 7.42. The number of nitrogens with one attached hydrogen (secondary N) is 2. The van der Waals surface area contributed by atoms with Crippen molar-refractivity contribution in [1.29, 1.82) is 0 Å². The van der Waals surface area contributed by atoms with Crippen LogP contribution in [0.15, 0.2) is 53.7 Å². The molecule has 1 atom stereocenters. The van der Waals surface area contributed by atoms with E-state index < -0.39 is 0 Å². The van der Waals surface area contributed by atoms with Gasteiger partial charge in [-0.3, -0.25) is 4.99 Å². The first kappa shape index (κ1) is 17.5. The summed E-state index contributed by atoms with van der Waals surface area (Å²) in [6, 6.07) is 15.6. The van der Waals surface area contributed by atoms with Crippen LogP contribution in [0.5, 0.6) is 0 Å². The molecule has 1 aromatic heterocycles. The molecule has 0 fully saturated rings. The Kier molecular flexibility index (Phi) is 4.77. The van der Waals surface area contributed by atoms with Crippen LogP contribution in [0.1, 0.15) is 29.2 Å². The lowest BCUT2D eigenvalue weighted by atomic mass is 9.95. The Morgan fingerprint density at radius 3 is 2.81 bits per heavy atom. The van der Waals surface area contributed by atoms with Crippen LogP contribution in [0.4, 0.5) is 5.82 Å². The van der Waals surface area contributed by atoms with Gasteiger partial charge in [0.25, 0.3) is 0 Å². The van der Waals surface area contributed by atoms with E-state index in [0.29, 0.717) is 6.04 Å². The molecular weight excluding hydrogens is 334 g/mol. The Morgan fingerprint density at radius 2 is 2.04 bits per heavy atom. The molecule has 0 saturated heterocycles. The lowest BCUT2D eigenvalue weighted by Crippen LogP contribution is -2.13. The summed E-state index contributed by atoms with van der Waals surface area (Å²) in [6.07, 6.45) is 5.95. The Labute approximate surface area is 160 Å². The number of hydrogen-bond acceptors (Lipinski definition) is 4. The molecule has 5 heteroatoms. The van der Waals surface area contributed by atoms with Gasteiger partial charge in [-0.15, -0.1) is 0 Å². The summed E-state index contributed by atoms with van der Waals surface area (Å²) in [4.78, 5) is 4.12. The molecule has 0 spiro atoms. The number of fused-ring (bicyclic) bond motifs is 1. The SMILES string of the molecule is CN=Cc1cnn(-c2cccc(-c3cccc4c3C(NC)CC4)c2)c1NC. The fourth-order valence-electron chi connectivity index (χ4n) is 4.07. The van der Waals surface area contributed by atoms with Crippen molar-refractivity contribution in [3.63, 3.8) is 0 Å². The molecule has 4 rings (SSSR count). The van der Waals surface area contributed by atoms with Crippen molar-refractivity contribution < 1.29 is 0 Å². The molecule has 1 unspecified atom stereocenters. The van der Waals surface area contributed by atoms with Crippen LogP contribution in [0, 0.1) is 0 Å². The topological polar surface area (TPSA) is 54.2 Å². The van der Waals surface area contributed by atoms with Gasteiger partial charge in [0.05, 0.1) is 17.4 Å². The van der Waals surface area contributed by atoms with Gasteiger partial charge in [-0.2, -0.15) is 5.10 Å². The first-order chi connectivity index (χ1) is 13.3. The van der Waals surface area contributed by atoms with Gasteiger partial charge in [-0.05, 0) is 54.3 Å². The van der Waals surface area contributed by atoms with E-state index in [9.17, 15) is 0 Å². The Balaban J connectivity index is 1.81. The Bertz CT molecular complexity index is 986. The third-order valence-corrected chi connectivity index (χ3v) is 5.30. The van der Waals surface area contributed by atoms with Crippen LogP contribution in [-0.4, -0.2) is 37.1 Å². The minimum absolute atomic E-state index is 0.421. The van der Waals surface area contributed by atoms with Crippen molar-refractivity contribution in [2.45, 2.75) is 18.9 Å². The fourth-order valence-corrected chi connectivity index (χ4v) is 4.07. The highest BCUT2D eigenvalue weighted by Gasteiger charge is 2.24. The van der Waals surface area contributed by atoms with Crippen LogP contribution in [0.3, 0.4) is 0 Å². The number of anilines is 1. The molecule has 27 heavy (non-hydrogen) atoms. The summed E-state index contributed by atoms with van der Waals surface area (Å²) in [5.74, 6) is 0.934. The molecule has 1 aliphatic rings. The zero-order valence-electron chi connectivity index (χ0n) is 16.0. The summed E-state index contributed by atoms with van der Waals surface area (Å²) < 4.78 is 1.93. The fraction of sp³-hybridized carbons (Fsp3) is 0.273. The number of aliphatic imine (C=N–C) groups is 1. The van der Waals surface area contributed by atoms with Crippen LogP contribution < -0.4 is 10.6 Å². The van der Waals surface area contributed by atoms with Crippen LogP contribution in [0.2, 0.25) is 0 Å². The zero-order chi connectivity index (χ0) is 18.8. The molecule has 0 bridgehead atoms. The van der Waals surface area contributed by atoms with Crippen molar-refractivity contribution in [2.75, 3.05) is 26.5 Å². The molecule has 3 aromatic rings. The largest absolute Gasteiger partial charge is 0.372 e. The maximum atomic E-state index is 4.56. The van der Waals surface area contributed by atoms with Crippen LogP contribution in [0.25, 0.3) is 16.8 Å². The summed E-state index contributed by atoms with van der Waals surface area (Å²) >= 11 is 0. The minimum Gasteiger partial charge on any atom is -0.372 e. The van der Waals surface area contributed by atoms with E-state index in [1.165, 1.54) is 22.3 Å². The average molecular weight is 359 g/mol. The van der Waals surface area contributed by atoms with Gasteiger partial charge in [-0.1, -0.05) is 30.3 Å². The lowest BCUT2D eigenvalue weighted by molar-refractivity contribution is 0.591. The van der Waals surface area contributed by atoms with E-state index in [1.807, 2.05) is 31.2 Å². The molecule has 2 N–H and O–H groups in total. The predicted molar refractivity (Wildman–Crippen MR) is 112 cm³/mol. The molecular formula is C22H25N5. The normalized spacial score (nSPS) is 16.0. The summed E-state index contributed by atoms with van der Waals surface area (Å²) in [5, 5.41) is 11.3. The molecule has 138 valence electrons. The highest BCUT2D eigenvalue weighted by Crippen LogP contribution is 2.39.